The number of hydrogen-bond donors (Lipinski definition) is 1. The Kier molecular flexibility index (Phi) is 4.98. The van der Waals surface area contributed by atoms with Crippen LogP contribution < -0.4 is 10.9 Å². The van der Waals surface area contributed by atoms with E-state index in [2.05, 4.69) is 10.4 Å². The molecule has 1 N–H and O–H groups in total. The number of rotatable bonds is 4. The van der Waals surface area contributed by atoms with Crippen LogP contribution in [0.4, 0.5) is 0 Å². The molecule has 1 heterocycles. The number of halogens is 2. The molecule has 0 fully saturated rings. The van der Waals surface area contributed by atoms with Gasteiger partial charge in [0, 0.05) is 0 Å². The highest BCUT2D eigenvalue weighted by Crippen LogP contribution is 2.14. The zero-order valence-electron chi connectivity index (χ0n) is 11.2. The van der Waals surface area contributed by atoms with Crippen molar-refractivity contribution in [3.63, 3.8) is 0 Å². The van der Waals surface area contributed by atoms with Crippen LogP contribution in [0.5, 0.6) is 0 Å². The van der Waals surface area contributed by atoms with E-state index in [9.17, 15) is 9.59 Å². The summed E-state index contributed by atoms with van der Waals surface area (Å²) in [6.07, 6.45) is 1.24. The maximum atomic E-state index is 12.0. The lowest BCUT2D eigenvalue weighted by Gasteiger charge is -2.14. The number of carbonyl (C=O) groups excluding carboxylic acids is 1. The van der Waals surface area contributed by atoms with E-state index in [0.717, 1.165) is 10.2 Å². The molecule has 0 saturated carbocycles. The summed E-state index contributed by atoms with van der Waals surface area (Å²) in [5, 5.41) is 6.50. The summed E-state index contributed by atoms with van der Waals surface area (Å²) in [5.74, 6) is -0.334. The molecule has 0 saturated heterocycles. The molecular formula is C14H13Cl2N3O2. The van der Waals surface area contributed by atoms with Gasteiger partial charge in [0.2, 0.25) is 5.91 Å². The van der Waals surface area contributed by atoms with E-state index in [1.165, 1.54) is 6.20 Å². The van der Waals surface area contributed by atoms with Gasteiger partial charge in [-0.15, -0.1) is 0 Å². The lowest BCUT2D eigenvalue weighted by molar-refractivity contribution is -0.122. The lowest BCUT2D eigenvalue weighted by Crippen LogP contribution is -2.35. The van der Waals surface area contributed by atoms with Gasteiger partial charge >= 0.3 is 0 Å². The zero-order chi connectivity index (χ0) is 15.4. The Bertz CT molecular complexity index is 701. The van der Waals surface area contributed by atoms with Crippen LogP contribution in [-0.4, -0.2) is 15.7 Å². The molecule has 0 aliphatic carbocycles. The number of benzene rings is 1. The molecule has 0 bridgehead atoms. The minimum absolute atomic E-state index is 0.0657. The third-order valence-electron chi connectivity index (χ3n) is 2.91. The first-order chi connectivity index (χ1) is 9.99. The summed E-state index contributed by atoms with van der Waals surface area (Å²) in [7, 11) is 0. The second-order valence-electron chi connectivity index (χ2n) is 4.47. The molecule has 0 aliphatic rings. The van der Waals surface area contributed by atoms with Crippen LogP contribution in [0, 0.1) is 0 Å². The van der Waals surface area contributed by atoms with Gasteiger partial charge in [-0.2, -0.15) is 5.10 Å². The quantitative estimate of drug-likeness (QED) is 0.938. The molecule has 1 amide bonds. The van der Waals surface area contributed by atoms with Crippen LogP contribution in [0.1, 0.15) is 18.5 Å². The van der Waals surface area contributed by atoms with Crippen LogP contribution in [0.25, 0.3) is 0 Å². The summed E-state index contributed by atoms with van der Waals surface area (Å²) in [4.78, 5) is 23.7. The van der Waals surface area contributed by atoms with Crippen molar-refractivity contribution in [1.82, 2.24) is 15.1 Å². The van der Waals surface area contributed by atoms with Gasteiger partial charge in [0.15, 0.2) is 0 Å². The third-order valence-corrected chi connectivity index (χ3v) is 3.66. The third kappa shape index (κ3) is 3.83. The molecule has 2 aromatic rings. The molecule has 110 valence electrons. The van der Waals surface area contributed by atoms with E-state index in [-0.39, 0.29) is 28.5 Å². The first-order valence-corrected chi connectivity index (χ1v) is 7.00. The normalized spacial score (nSPS) is 12.0. The van der Waals surface area contributed by atoms with Crippen molar-refractivity contribution in [2.45, 2.75) is 19.5 Å². The van der Waals surface area contributed by atoms with Gasteiger partial charge in [0.1, 0.15) is 11.6 Å². The molecule has 7 heteroatoms. The maximum Gasteiger partial charge on any atom is 0.287 e. The predicted octanol–water partition coefficient (Wildman–Crippen LogP) is 2.43. The Morgan fingerprint density at radius 2 is 2.00 bits per heavy atom. The summed E-state index contributed by atoms with van der Waals surface area (Å²) in [6, 6.07) is 9.34. The molecular weight excluding hydrogens is 313 g/mol. The molecule has 0 spiro atoms. The average Bonchev–Trinajstić information content (AvgIpc) is 2.49. The fourth-order valence-corrected chi connectivity index (χ4v) is 2.08. The smallest absolute Gasteiger partial charge is 0.287 e. The fraction of sp³-hybridized carbons (Fsp3) is 0.214. The summed E-state index contributed by atoms with van der Waals surface area (Å²) >= 11 is 11.4. The maximum absolute atomic E-state index is 12.0. The summed E-state index contributed by atoms with van der Waals surface area (Å²) < 4.78 is 0.973. The Hall–Kier alpha value is -1.85. The monoisotopic (exact) mass is 325 g/mol. The molecule has 1 aromatic carbocycles. The van der Waals surface area contributed by atoms with E-state index in [1.807, 2.05) is 37.3 Å². The molecule has 2 rings (SSSR count). The van der Waals surface area contributed by atoms with Gasteiger partial charge in [-0.25, -0.2) is 4.68 Å². The number of carbonyl (C=O) groups is 1. The van der Waals surface area contributed by atoms with Crippen molar-refractivity contribution in [1.29, 1.82) is 0 Å². The van der Waals surface area contributed by atoms with Gasteiger partial charge in [0.05, 0.1) is 17.3 Å². The topological polar surface area (TPSA) is 64.0 Å². The second kappa shape index (κ2) is 6.74. The van der Waals surface area contributed by atoms with Gasteiger partial charge < -0.3 is 5.32 Å². The SMILES string of the molecule is CC(NC(=O)Cn1ncc(Cl)c(Cl)c1=O)c1ccccc1. The summed E-state index contributed by atoms with van der Waals surface area (Å²) in [6.45, 7) is 1.64. The van der Waals surface area contributed by atoms with E-state index in [4.69, 9.17) is 23.2 Å². The second-order valence-corrected chi connectivity index (χ2v) is 5.25. The van der Waals surface area contributed by atoms with Gasteiger partial charge in [-0.05, 0) is 12.5 Å². The largest absolute Gasteiger partial charge is 0.348 e. The standard InChI is InChI=1S/C14H13Cl2N3O2/c1-9(10-5-3-2-4-6-10)18-12(20)8-19-14(21)13(16)11(15)7-17-19/h2-7,9H,8H2,1H3,(H,18,20). The van der Waals surface area contributed by atoms with Gasteiger partial charge in [0.25, 0.3) is 5.56 Å². The van der Waals surface area contributed by atoms with Crippen molar-refractivity contribution in [2.75, 3.05) is 0 Å². The number of hydrogen-bond acceptors (Lipinski definition) is 3. The van der Waals surface area contributed by atoms with Gasteiger partial charge in [-0.1, -0.05) is 53.5 Å². The average molecular weight is 326 g/mol. The van der Waals surface area contributed by atoms with Crippen LogP contribution in [-0.2, 0) is 11.3 Å². The molecule has 1 atom stereocenters. The van der Waals surface area contributed by atoms with Crippen molar-refractivity contribution >= 4 is 29.1 Å². The van der Waals surface area contributed by atoms with Crippen molar-refractivity contribution in [2.24, 2.45) is 0 Å². The van der Waals surface area contributed by atoms with E-state index >= 15 is 0 Å². The van der Waals surface area contributed by atoms with Crippen molar-refractivity contribution in [3.8, 4) is 0 Å². The summed E-state index contributed by atoms with van der Waals surface area (Å²) in [5.41, 5.74) is 0.381. The van der Waals surface area contributed by atoms with Crippen molar-refractivity contribution in [3.05, 3.63) is 62.5 Å². The number of nitrogens with one attached hydrogen (secondary N) is 1. The number of nitrogens with zero attached hydrogens (tertiary/aromatic N) is 2. The Morgan fingerprint density at radius 3 is 2.67 bits per heavy atom. The predicted molar refractivity (Wildman–Crippen MR) is 81.5 cm³/mol. The van der Waals surface area contributed by atoms with Crippen LogP contribution in [0.2, 0.25) is 10.0 Å². The van der Waals surface area contributed by atoms with E-state index in [0.29, 0.717) is 0 Å². The van der Waals surface area contributed by atoms with Crippen LogP contribution in [0.15, 0.2) is 41.3 Å². The first-order valence-electron chi connectivity index (χ1n) is 6.24. The van der Waals surface area contributed by atoms with Gasteiger partial charge in [-0.3, -0.25) is 9.59 Å². The number of amides is 1. The molecule has 5 nitrogen and oxygen atoms in total. The molecule has 21 heavy (non-hydrogen) atoms. The fourth-order valence-electron chi connectivity index (χ4n) is 1.81. The molecule has 1 unspecified atom stereocenters. The highest BCUT2D eigenvalue weighted by atomic mass is 35.5. The molecule has 1 aromatic heterocycles. The Morgan fingerprint density at radius 1 is 1.33 bits per heavy atom. The first kappa shape index (κ1) is 15.5. The van der Waals surface area contributed by atoms with E-state index in [1.54, 1.807) is 0 Å². The minimum atomic E-state index is -0.591. The minimum Gasteiger partial charge on any atom is -0.348 e. The highest BCUT2D eigenvalue weighted by molar-refractivity contribution is 6.41. The number of aromatic nitrogens is 2. The Labute approximate surface area is 131 Å². The van der Waals surface area contributed by atoms with Crippen molar-refractivity contribution < 1.29 is 4.79 Å². The molecule has 0 aliphatic heterocycles. The lowest BCUT2D eigenvalue weighted by atomic mass is 10.1. The highest BCUT2D eigenvalue weighted by Gasteiger charge is 2.13. The van der Waals surface area contributed by atoms with Crippen LogP contribution in [0.3, 0.4) is 0 Å². The zero-order valence-corrected chi connectivity index (χ0v) is 12.7. The Balaban J connectivity index is 2.06. The van der Waals surface area contributed by atoms with E-state index < -0.39 is 5.56 Å². The van der Waals surface area contributed by atoms with Crippen LogP contribution >= 0.6 is 23.2 Å². The molecule has 0 radical (unpaired) electrons.